The SMILES string of the molecule is CC1(C)S[C@@H]2[C@H](NC(=O)C(NC(=O)c3cccs3)C3=CCC=CC3)C(=O)N2[C@H]1C(=O)O. The van der Waals surface area contributed by atoms with Gasteiger partial charge in [-0.2, -0.15) is 0 Å². The molecule has 3 aliphatic rings. The number of thiophene rings is 1. The second-order valence-electron chi connectivity index (χ2n) is 8.16. The number of nitrogens with one attached hydrogen (secondary N) is 2. The van der Waals surface area contributed by atoms with Gasteiger partial charge in [-0.15, -0.1) is 23.1 Å². The molecule has 3 amide bonds. The number of hydrogen-bond donors (Lipinski definition) is 3. The summed E-state index contributed by atoms with van der Waals surface area (Å²) in [7, 11) is 0. The number of carboxylic acids is 1. The summed E-state index contributed by atoms with van der Waals surface area (Å²) in [6.45, 7) is 3.56. The molecule has 0 radical (unpaired) electrons. The van der Waals surface area contributed by atoms with Crippen molar-refractivity contribution in [1.82, 2.24) is 15.5 Å². The van der Waals surface area contributed by atoms with Crippen LogP contribution in [0.25, 0.3) is 0 Å². The Morgan fingerprint density at radius 2 is 2.06 bits per heavy atom. The maximum Gasteiger partial charge on any atom is 0.327 e. The summed E-state index contributed by atoms with van der Waals surface area (Å²) >= 11 is 2.64. The monoisotopic (exact) mass is 461 g/mol. The van der Waals surface area contributed by atoms with Crippen LogP contribution < -0.4 is 10.6 Å². The van der Waals surface area contributed by atoms with Gasteiger partial charge in [0.05, 0.1) is 4.88 Å². The molecule has 164 valence electrons. The van der Waals surface area contributed by atoms with E-state index in [0.29, 0.717) is 17.7 Å². The highest BCUT2D eigenvalue weighted by molar-refractivity contribution is 8.01. The Morgan fingerprint density at radius 3 is 2.68 bits per heavy atom. The van der Waals surface area contributed by atoms with Gasteiger partial charge in [-0.3, -0.25) is 14.4 Å². The van der Waals surface area contributed by atoms with Crippen molar-refractivity contribution in [2.75, 3.05) is 0 Å². The molecule has 3 N–H and O–H groups in total. The Labute approximate surface area is 187 Å². The molecule has 1 aliphatic carbocycles. The van der Waals surface area contributed by atoms with Crippen LogP contribution in [0.15, 0.2) is 41.3 Å². The zero-order valence-corrected chi connectivity index (χ0v) is 18.7. The number of rotatable bonds is 6. The van der Waals surface area contributed by atoms with E-state index in [-0.39, 0.29) is 5.91 Å². The topological polar surface area (TPSA) is 116 Å². The van der Waals surface area contributed by atoms with E-state index in [2.05, 4.69) is 10.6 Å². The molecule has 0 aromatic carbocycles. The predicted octanol–water partition coefficient (Wildman–Crippen LogP) is 1.75. The molecule has 1 aromatic rings. The van der Waals surface area contributed by atoms with Crippen molar-refractivity contribution in [3.05, 3.63) is 46.2 Å². The Kier molecular flexibility index (Phi) is 5.69. The van der Waals surface area contributed by atoms with Gasteiger partial charge in [-0.25, -0.2) is 4.79 Å². The van der Waals surface area contributed by atoms with Crippen LogP contribution in [0.1, 0.15) is 36.4 Å². The van der Waals surface area contributed by atoms with Gasteiger partial charge in [-0.05, 0) is 43.7 Å². The maximum absolute atomic E-state index is 13.2. The van der Waals surface area contributed by atoms with Crippen LogP contribution in [0, 0.1) is 0 Å². The fourth-order valence-corrected chi connectivity index (χ4v) is 6.42. The molecule has 0 spiro atoms. The lowest BCUT2D eigenvalue weighted by molar-refractivity contribution is -0.161. The highest BCUT2D eigenvalue weighted by Crippen LogP contribution is 2.50. The molecule has 0 saturated carbocycles. The number of hydrogen-bond acceptors (Lipinski definition) is 6. The zero-order valence-electron chi connectivity index (χ0n) is 17.0. The van der Waals surface area contributed by atoms with Crippen LogP contribution in [0.3, 0.4) is 0 Å². The highest BCUT2D eigenvalue weighted by atomic mass is 32.2. The number of allylic oxidation sites excluding steroid dienone is 3. The van der Waals surface area contributed by atoms with Gasteiger partial charge in [0.15, 0.2) is 0 Å². The molecule has 1 aromatic heterocycles. The van der Waals surface area contributed by atoms with Crippen molar-refractivity contribution in [1.29, 1.82) is 0 Å². The molecule has 4 rings (SSSR count). The van der Waals surface area contributed by atoms with Crippen molar-refractivity contribution in [3.8, 4) is 0 Å². The Morgan fingerprint density at radius 1 is 1.29 bits per heavy atom. The molecule has 10 heteroatoms. The zero-order chi connectivity index (χ0) is 22.3. The van der Waals surface area contributed by atoms with Crippen LogP contribution in [-0.2, 0) is 14.4 Å². The summed E-state index contributed by atoms with van der Waals surface area (Å²) < 4.78 is -0.672. The minimum atomic E-state index is -1.06. The van der Waals surface area contributed by atoms with E-state index in [1.165, 1.54) is 28.0 Å². The molecule has 8 nitrogen and oxygen atoms in total. The largest absolute Gasteiger partial charge is 0.480 e. The smallest absolute Gasteiger partial charge is 0.327 e. The third-order valence-corrected chi connectivity index (χ3v) is 8.10. The molecule has 2 fully saturated rings. The second-order valence-corrected chi connectivity index (χ2v) is 10.9. The second kappa shape index (κ2) is 8.16. The minimum Gasteiger partial charge on any atom is -0.480 e. The summed E-state index contributed by atoms with van der Waals surface area (Å²) in [6, 6.07) is 0.777. The van der Waals surface area contributed by atoms with Gasteiger partial charge in [0.2, 0.25) is 11.8 Å². The van der Waals surface area contributed by atoms with E-state index in [4.69, 9.17) is 0 Å². The van der Waals surface area contributed by atoms with Crippen molar-refractivity contribution in [2.24, 2.45) is 0 Å². The molecule has 4 atom stereocenters. The highest BCUT2D eigenvalue weighted by Gasteiger charge is 2.64. The van der Waals surface area contributed by atoms with Crippen molar-refractivity contribution >= 4 is 46.8 Å². The molecule has 1 unspecified atom stereocenters. The average Bonchev–Trinajstić information content (AvgIpc) is 3.35. The molecule has 2 saturated heterocycles. The number of β-lactam (4-membered cyclic amide) rings is 1. The van der Waals surface area contributed by atoms with Crippen molar-refractivity contribution < 1.29 is 24.3 Å². The van der Waals surface area contributed by atoms with E-state index in [9.17, 15) is 24.3 Å². The molecule has 31 heavy (non-hydrogen) atoms. The maximum atomic E-state index is 13.2. The van der Waals surface area contributed by atoms with E-state index in [0.717, 1.165) is 5.57 Å². The standard InChI is InChI=1S/C21H23N3O5S2/c1-21(2)15(20(28)29)24-18(27)14(19(24)31-21)23-17(26)13(11-7-4-3-5-8-11)22-16(25)12-9-6-10-30-12/h3-4,6,8-10,13-15,19H,5,7H2,1-2H3,(H,22,25)(H,23,26)(H,28,29)/t13?,14-,15+,19-/m1/s1. The van der Waals surface area contributed by atoms with Gasteiger partial charge < -0.3 is 20.6 Å². The lowest BCUT2D eigenvalue weighted by Crippen LogP contribution is -2.71. The Hall–Kier alpha value is -2.59. The summed E-state index contributed by atoms with van der Waals surface area (Å²) in [4.78, 5) is 52.0. The number of aliphatic carboxylic acids is 1. The van der Waals surface area contributed by atoms with Crippen LogP contribution in [0.2, 0.25) is 0 Å². The number of fused-ring (bicyclic) bond motifs is 1. The normalized spacial score (nSPS) is 27.0. The van der Waals surface area contributed by atoms with Crippen molar-refractivity contribution in [3.63, 3.8) is 0 Å². The first-order valence-electron chi connectivity index (χ1n) is 9.92. The van der Waals surface area contributed by atoms with E-state index >= 15 is 0 Å². The lowest BCUT2D eigenvalue weighted by atomic mass is 9.94. The van der Waals surface area contributed by atoms with Crippen LogP contribution in [0.5, 0.6) is 0 Å². The molecule has 3 heterocycles. The first kappa shape index (κ1) is 21.6. The quantitative estimate of drug-likeness (QED) is 0.439. The van der Waals surface area contributed by atoms with Gasteiger partial charge >= 0.3 is 5.97 Å². The number of carboxylic acid groups (broad SMARTS) is 1. The summed E-state index contributed by atoms with van der Waals surface area (Å²) in [5, 5.41) is 16.4. The summed E-state index contributed by atoms with van der Waals surface area (Å²) in [6.07, 6.45) is 7.02. The average molecular weight is 462 g/mol. The first-order chi connectivity index (χ1) is 14.7. The van der Waals surface area contributed by atoms with Gasteiger partial charge in [0.25, 0.3) is 5.91 Å². The third kappa shape index (κ3) is 3.89. The van der Waals surface area contributed by atoms with E-state index in [1.807, 2.05) is 18.2 Å². The number of thioether (sulfide) groups is 1. The number of carbonyl (C=O) groups is 4. The fourth-order valence-electron chi connectivity index (χ4n) is 4.17. The predicted molar refractivity (Wildman–Crippen MR) is 118 cm³/mol. The Bertz CT molecular complexity index is 985. The van der Waals surface area contributed by atoms with Crippen LogP contribution in [-0.4, -0.2) is 61.9 Å². The minimum absolute atomic E-state index is 0.352. The van der Waals surface area contributed by atoms with Crippen molar-refractivity contribution in [2.45, 2.75) is 54.9 Å². The third-order valence-electron chi connectivity index (χ3n) is 5.66. The molecule has 0 bridgehead atoms. The van der Waals surface area contributed by atoms with E-state index in [1.54, 1.807) is 31.4 Å². The number of nitrogens with zero attached hydrogens (tertiary/aromatic N) is 1. The lowest BCUT2D eigenvalue weighted by Gasteiger charge is -2.44. The molecule has 2 aliphatic heterocycles. The number of carbonyl (C=O) groups excluding carboxylic acids is 3. The number of amides is 3. The van der Waals surface area contributed by atoms with Crippen LogP contribution >= 0.6 is 23.1 Å². The van der Waals surface area contributed by atoms with Gasteiger partial charge in [-0.1, -0.05) is 24.3 Å². The fraction of sp³-hybridized carbons (Fsp3) is 0.429. The van der Waals surface area contributed by atoms with E-state index < -0.39 is 46.0 Å². The van der Waals surface area contributed by atoms with Gasteiger partial charge in [0, 0.05) is 4.75 Å². The van der Waals surface area contributed by atoms with Crippen LogP contribution in [0.4, 0.5) is 0 Å². The molecular weight excluding hydrogens is 438 g/mol. The summed E-state index contributed by atoms with van der Waals surface area (Å²) in [5.74, 6) is -2.29. The summed E-state index contributed by atoms with van der Waals surface area (Å²) in [5.41, 5.74) is 0.761. The Balaban J connectivity index is 1.50. The molecular formula is C21H23N3O5S2. The first-order valence-corrected chi connectivity index (χ1v) is 11.7. The van der Waals surface area contributed by atoms with Gasteiger partial charge in [0.1, 0.15) is 23.5 Å².